The van der Waals surface area contributed by atoms with Crippen LogP contribution in [-0.2, 0) is 14.2 Å². The maximum Gasteiger partial charge on any atom is 0.341 e. The van der Waals surface area contributed by atoms with Gasteiger partial charge >= 0.3 is 5.97 Å². The molecular weight excluding hydrogens is 266 g/mol. The van der Waals surface area contributed by atoms with Crippen molar-refractivity contribution in [3.63, 3.8) is 0 Å². The van der Waals surface area contributed by atoms with Crippen molar-refractivity contribution in [3.8, 4) is 0 Å². The van der Waals surface area contributed by atoms with Crippen LogP contribution in [0.3, 0.4) is 0 Å². The van der Waals surface area contributed by atoms with Crippen LogP contribution in [0.25, 0.3) is 0 Å². The Bertz CT molecular complexity index is 456. The number of carbonyl (C=O) groups is 1. The first kappa shape index (κ1) is 14.6. The van der Waals surface area contributed by atoms with Crippen LogP contribution in [0.15, 0.2) is 12.5 Å². The van der Waals surface area contributed by atoms with E-state index >= 15 is 0 Å². The molecule has 8 heteroatoms. The van der Waals surface area contributed by atoms with Gasteiger partial charge in [-0.2, -0.15) is 0 Å². The molecule has 0 bridgehead atoms. The third kappa shape index (κ3) is 3.62. The van der Waals surface area contributed by atoms with Crippen LogP contribution in [0, 0.1) is 0 Å². The second-order valence-electron chi connectivity index (χ2n) is 4.18. The van der Waals surface area contributed by atoms with Gasteiger partial charge in [0.2, 0.25) is 0 Å². The van der Waals surface area contributed by atoms with Gasteiger partial charge in [0.1, 0.15) is 17.7 Å². The van der Waals surface area contributed by atoms with Gasteiger partial charge < -0.3 is 24.2 Å². The zero-order valence-electron chi connectivity index (χ0n) is 11.2. The fraction of sp³-hybridized carbons (Fsp3) is 0.583. The summed E-state index contributed by atoms with van der Waals surface area (Å²) in [5, 5.41) is 9.15. The van der Waals surface area contributed by atoms with E-state index in [0.717, 1.165) is 0 Å². The van der Waals surface area contributed by atoms with Crippen LogP contribution in [0.5, 0.6) is 0 Å². The van der Waals surface area contributed by atoms with Gasteiger partial charge in [0, 0.05) is 19.9 Å². The minimum Gasteiger partial charge on any atom is -0.477 e. The van der Waals surface area contributed by atoms with Gasteiger partial charge in [-0.1, -0.05) is 0 Å². The average Bonchev–Trinajstić information content (AvgIpc) is 2.48. The van der Waals surface area contributed by atoms with E-state index < -0.39 is 12.3 Å². The second-order valence-corrected chi connectivity index (χ2v) is 4.18. The first-order valence-electron chi connectivity index (χ1n) is 6.22. The Hall–Kier alpha value is -1.77. The van der Waals surface area contributed by atoms with Gasteiger partial charge in [-0.3, -0.25) is 0 Å². The zero-order valence-corrected chi connectivity index (χ0v) is 11.2. The summed E-state index contributed by atoms with van der Waals surface area (Å²) in [6, 6.07) is 0. The average molecular weight is 283 g/mol. The molecule has 1 aromatic rings. The molecule has 0 aliphatic carbocycles. The van der Waals surface area contributed by atoms with Gasteiger partial charge in [0.15, 0.2) is 6.29 Å². The molecule has 0 amide bonds. The summed E-state index contributed by atoms with van der Waals surface area (Å²) in [5.74, 6) is -0.667. The minimum atomic E-state index is -1.05. The smallest absolute Gasteiger partial charge is 0.341 e. The lowest BCUT2D eigenvalue weighted by Crippen LogP contribution is -2.45. The monoisotopic (exact) mass is 283 g/mol. The first-order valence-corrected chi connectivity index (χ1v) is 6.22. The van der Waals surface area contributed by atoms with Gasteiger partial charge in [0.05, 0.1) is 26.4 Å². The quantitative estimate of drug-likeness (QED) is 0.729. The van der Waals surface area contributed by atoms with Gasteiger partial charge in [0.25, 0.3) is 0 Å². The van der Waals surface area contributed by atoms with Crippen molar-refractivity contribution >= 4 is 11.8 Å². The van der Waals surface area contributed by atoms with Crippen molar-refractivity contribution < 1.29 is 24.1 Å². The summed E-state index contributed by atoms with van der Waals surface area (Å²) in [7, 11) is 1.59. The highest BCUT2D eigenvalue weighted by molar-refractivity contribution is 5.92. The first-order chi connectivity index (χ1) is 9.72. The Kier molecular flexibility index (Phi) is 5.22. The maximum absolute atomic E-state index is 11.2. The lowest BCUT2D eigenvalue weighted by atomic mass is 10.2. The molecule has 8 nitrogen and oxygen atoms in total. The summed E-state index contributed by atoms with van der Waals surface area (Å²) in [6.45, 7) is 2.32. The Morgan fingerprint density at radius 3 is 3.20 bits per heavy atom. The minimum absolute atomic E-state index is 0.0741. The molecule has 1 saturated heterocycles. The summed E-state index contributed by atoms with van der Waals surface area (Å²) in [6.07, 6.45) is 2.20. The molecule has 0 spiro atoms. The van der Waals surface area contributed by atoms with E-state index in [0.29, 0.717) is 38.7 Å². The molecule has 1 aliphatic heterocycles. The fourth-order valence-electron chi connectivity index (χ4n) is 1.90. The number of anilines is 1. The standard InChI is InChI=1S/C12H17N3O5/c1-18-4-5-20-10-7-15(2-3-19-10)11-9(12(16)17)6-13-8-14-11/h6,8,10H,2-5,7H2,1H3,(H,16,17). The third-order valence-electron chi connectivity index (χ3n) is 2.85. The topological polar surface area (TPSA) is 94.0 Å². The predicted octanol–water partition coefficient (Wildman–Crippen LogP) is 0.000500. The van der Waals surface area contributed by atoms with Crippen molar-refractivity contribution in [3.05, 3.63) is 18.1 Å². The number of hydrogen-bond donors (Lipinski definition) is 1. The lowest BCUT2D eigenvalue weighted by molar-refractivity contribution is -0.152. The number of ether oxygens (including phenoxy) is 3. The molecule has 0 saturated carbocycles. The van der Waals surface area contributed by atoms with Crippen molar-refractivity contribution in [1.82, 2.24) is 9.97 Å². The zero-order chi connectivity index (χ0) is 14.4. The van der Waals surface area contributed by atoms with E-state index in [-0.39, 0.29) is 5.56 Å². The van der Waals surface area contributed by atoms with E-state index in [4.69, 9.17) is 19.3 Å². The van der Waals surface area contributed by atoms with Gasteiger partial charge in [-0.15, -0.1) is 0 Å². The van der Waals surface area contributed by atoms with Crippen LogP contribution < -0.4 is 4.90 Å². The number of methoxy groups -OCH3 is 1. The molecule has 1 N–H and O–H groups in total. The lowest BCUT2D eigenvalue weighted by Gasteiger charge is -2.33. The van der Waals surface area contributed by atoms with Crippen LogP contribution in [0.4, 0.5) is 5.82 Å². The highest BCUT2D eigenvalue weighted by atomic mass is 16.7. The van der Waals surface area contributed by atoms with Gasteiger partial charge in [-0.25, -0.2) is 14.8 Å². The molecule has 1 aliphatic rings. The van der Waals surface area contributed by atoms with E-state index in [9.17, 15) is 4.79 Å². The molecule has 1 fully saturated rings. The predicted molar refractivity (Wildman–Crippen MR) is 68.8 cm³/mol. The molecule has 1 unspecified atom stereocenters. The van der Waals surface area contributed by atoms with E-state index in [2.05, 4.69) is 9.97 Å². The number of aromatic nitrogens is 2. The SMILES string of the molecule is COCCOC1CN(c2ncncc2C(=O)O)CCO1. The van der Waals surface area contributed by atoms with Crippen molar-refractivity contribution in [2.24, 2.45) is 0 Å². The molecule has 20 heavy (non-hydrogen) atoms. The Morgan fingerprint density at radius 2 is 2.45 bits per heavy atom. The Morgan fingerprint density at radius 1 is 1.60 bits per heavy atom. The Balaban J connectivity index is 2.03. The van der Waals surface area contributed by atoms with Crippen LogP contribution in [-0.4, -0.2) is 67.4 Å². The normalized spacial score (nSPS) is 19.1. The van der Waals surface area contributed by atoms with E-state index in [1.165, 1.54) is 12.5 Å². The number of carboxylic acids is 1. The molecule has 0 aromatic carbocycles. The fourth-order valence-corrected chi connectivity index (χ4v) is 1.90. The van der Waals surface area contributed by atoms with E-state index in [1.54, 1.807) is 7.11 Å². The molecule has 1 atom stereocenters. The van der Waals surface area contributed by atoms with E-state index in [1.807, 2.05) is 4.90 Å². The van der Waals surface area contributed by atoms with Crippen molar-refractivity contribution in [1.29, 1.82) is 0 Å². The Labute approximate surface area is 116 Å². The number of nitrogens with zero attached hydrogens (tertiary/aromatic N) is 3. The maximum atomic E-state index is 11.2. The highest BCUT2D eigenvalue weighted by Crippen LogP contribution is 2.19. The van der Waals surface area contributed by atoms with Crippen molar-refractivity contribution in [2.75, 3.05) is 44.9 Å². The highest BCUT2D eigenvalue weighted by Gasteiger charge is 2.25. The van der Waals surface area contributed by atoms with Crippen molar-refractivity contribution in [2.45, 2.75) is 6.29 Å². The molecule has 2 rings (SSSR count). The molecule has 110 valence electrons. The largest absolute Gasteiger partial charge is 0.477 e. The second kappa shape index (κ2) is 7.13. The number of hydrogen-bond acceptors (Lipinski definition) is 7. The summed E-state index contributed by atoms with van der Waals surface area (Å²) < 4.78 is 15.9. The summed E-state index contributed by atoms with van der Waals surface area (Å²) >= 11 is 0. The molecule has 0 radical (unpaired) electrons. The number of aromatic carboxylic acids is 1. The van der Waals surface area contributed by atoms with Crippen LogP contribution >= 0.6 is 0 Å². The molecule has 2 heterocycles. The van der Waals surface area contributed by atoms with Crippen LogP contribution in [0.1, 0.15) is 10.4 Å². The third-order valence-corrected chi connectivity index (χ3v) is 2.85. The number of rotatable bonds is 6. The molecule has 1 aromatic heterocycles. The number of carboxylic acid groups (broad SMARTS) is 1. The summed E-state index contributed by atoms with van der Waals surface area (Å²) in [4.78, 5) is 20.8. The van der Waals surface area contributed by atoms with Gasteiger partial charge in [-0.05, 0) is 0 Å². The molecular formula is C12H17N3O5. The van der Waals surface area contributed by atoms with Crippen LogP contribution in [0.2, 0.25) is 0 Å². The summed E-state index contributed by atoms with van der Waals surface area (Å²) in [5.41, 5.74) is 0.0741. The number of morpholine rings is 1.